The van der Waals surface area contributed by atoms with E-state index in [1.165, 1.54) is 19.2 Å². The van der Waals surface area contributed by atoms with E-state index in [9.17, 15) is 4.39 Å². The first kappa shape index (κ1) is 12.6. The highest BCUT2D eigenvalue weighted by molar-refractivity contribution is 9.10. The summed E-state index contributed by atoms with van der Waals surface area (Å²) < 4.78 is 19.2. The van der Waals surface area contributed by atoms with E-state index in [-0.39, 0.29) is 5.95 Å². The maximum absolute atomic E-state index is 13.6. The van der Waals surface area contributed by atoms with Crippen LogP contribution in [0.5, 0.6) is 5.88 Å². The van der Waals surface area contributed by atoms with Crippen LogP contribution in [0.3, 0.4) is 0 Å². The average Bonchev–Trinajstić information content (AvgIpc) is 2.32. The van der Waals surface area contributed by atoms with Gasteiger partial charge in [0, 0.05) is 10.5 Å². The molecule has 0 aliphatic rings. The summed E-state index contributed by atoms with van der Waals surface area (Å²) in [6, 6.07) is 6.18. The van der Waals surface area contributed by atoms with Crippen LogP contribution in [0, 0.1) is 5.82 Å². The maximum atomic E-state index is 13.6. The van der Waals surface area contributed by atoms with Gasteiger partial charge in [-0.3, -0.25) is 0 Å². The van der Waals surface area contributed by atoms with Crippen LogP contribution in [-0.4, -0.2) is 17.1 Å². The van der Waals surface area contributed by atoms with Gasteiger partial charge in [-0.15, -0.1) is 0 Å². The molecule has 18 heavy (non-hydrogen) atoms. The van der Waals surface area contributed by atoms with E-state index >= 15 is 0 Å². The molecule has 0 unspecified atom stereocenters. The Labute approximate surface area is 111 Å². The van der Waals surface area contributed by atoms with Gasteiger partial charge in [0.25, 0.3) is 0 Å². The second-order valence-electron chi connectivity index (χ2n) is 3.40. The molecule has 0 amide bonds. The fraction of sp³-hybridized carbons (Fsp3) is 0.0909. The number of ether oxygens (including phenoxy) is 1. The van der Waals surface area contributed by atoms with Gasteiger partial charge in [0.15, 0.2) is 0 Å². The fourth-order valence-corrected chi connectivity index (χ4v) is 1.67. The van der Waals surface area contributed by atoms with Crippen LogP contribution in [0.15, 0.2) is 28.7 Å². The first-order valence-electron chi connectivity index (χ1n) is 4.99. The molecule has 94 valence electrons. The van der Waals surface area contributed by atoms with Gasteiger partial charge in [0.05, 0.1) is 12.8 Å². The van der Waals surface area contributed by atoms with Crippen LogP contribution in [0.2, 0.25) is 0 Å². The van der Waals surface area contributed by atoms with Crippen molar-refractivity contribution in [2.24, 2.45) is 0 Å². The molecule has 0 aliphatic heterocycles. The minimum absolute atomic E-state index is 0.0503. The van der Waals surface area contributed by atoms with Gasteiger partial charge >= 0.3 is 0 Å². The van der Waals surface area contributed by atoms with E-state index < -0.39 is 5.82 Å². The monoisotopic (exact) mass is 312 g/mol. The predicted octanol–water partition coefficient (Wildman–Crippen LogP) is 2.71. The number of nitrogens with one attached hydrogen (secondary N) is 1. The van der Waals surface area contributed by atoms with E-state index in [1.54, 1.807) is 12.1 Å². The highest BCUT2D eigenvalue weighted by Gasteiger charge is 2.06. The molecule has 1 heterocycles. The number of aromatic nitrogens is 2. The van der Waals surface area contributed by atoms with E-state index in [1.807, 2.05) is 0 Å². The number of hydrogen-bond donors (Lipinski definition) is 2. The van der Waals surface area contributed by atoms with E-state index in [2.05, 4.69) is 31.2 Å². The molecule has 0 spiro atoms. The Bertz CT molecular complexity index is 579. The molecular weight excluding hydrogens is 303 g/mol. The molecule has 0 saturated carbocycles. The lowest BCUT2D eigenvalue weighted by Gasteiger charge is -2.08. The Morgan fingerprint density at radius 3 is 2.78 bits per heavy atom. The van der Waals surface area contributed by atoms with Crippen LogP contribution in [0.25, 0.3) is 0 Å². The lowest BCUT2D eigenvalue weighted by molar-refractivity contribution is 0.398. The molecule has 2 rings (SSSR count). The quantitative estimate of drug-likeness (QED) is 0.911. The summed E-state index contributed by atoms with van der Waals surface area (Å²) in [6.45, 7) is 0. The SMILES string of the molecule is COc1cc(Nc2ccc(Br)cc2F)nc(N)n1. The lowest BCUT2D eigenvalue weighted by atomic mass is 10.3. The zero-order chi connectivity index (χ0) is 13.1. The van der Waals surface area contributed by atoms with E-state index in [4.69, 9.17) is 10.5 Å². The second kappa shape index (κ2) is 5.18. The van der Waals surface area contributed by atoms with Crippen molar-refractivity contribution in [3.8, 4) is 5.88 Å². The number of halogens is 2. The van der Waals surface area contributed by atoms with Crippen molar-refractivity contribution < 1.29 is 9.13 Å². The number of rotatable bonds is 3. The van der Waals surface area contributed by atoms with Crippen molar-refractivity contribution in [3.05, 3.63) is 34.6 Å². The number of hydrogen-bond acceptors (Lipinski definition) is 5. The van der Waals surface area contributed by atoms with Crippen molar-refractivity contribution >= 4 is 33.4 Å². The second-order valence-corrected chi connectivity index (χ2v) is 4.32. The number of nitrogens with two attached hydrogens (primary N) is 1. The molecule has 0 bridgehead atoms. The summed E-state index contributed by atoms with van der Waals surface area (Å²) in [7, 11) is 1.46. The third kappa shape index (κ3) is 2.86. The third-order valence-corrected chi connectivity index (χ3v) is 2.62. The number of anilines is 3. The molecule has 0 radical (unpaired) electrons. The zero-order valence-electron chi connectivity index (χ0n) is 9.45. The molecule has 5 nitrogen and oxygen atoms in total. The Morgan fingerprint density at radius 1 is 1.33 bits per heavy atom. The first-order valence-corrected chi connectivity index (χ1v) is 5.78. The van der Waals surface area contributed by atoms with Gasteiger partial charge in [-0.25, -0.2) is 4.39 Å². The minimum atomic E-state index is -0.402. The van der Waals surface area contributed by atoms with E-state index in [0.717, 1.165) is 0 Å². The number of methoxy groups -OCH3 is 1. The molecule has 0 saturated heterocycles. The highest BCUT2D eigenvalue weighted by atomic mass is 79.9. The highest BCUT2D eigenvalue weighted by Crippen LogP contribution is 2.24. The summed E-state index contributed by atoms with van der Waals surface area (Å²) >= 11 is 3.18. The third-order valence-electron chi connectivity index (χ3n) is 2.12. The molecule has 1 aromatic carbocycles. The van der Waals surface area contributed by atoms with Crippen molar-refractivity contribution in [1.82, 2.24) is 9.97 Å². The molecular formula is C11H10BrFN4O. The molecule has 0 fully saturated rings. The predicted molar refractivity (Wildman–Crippen MR) is 70.4 cm³/mol. The van der Waals surface area contributed by atoms with Crippen molar-refractivity contribution in [3.63, 3.8) is 0 Å². The zero-order valence-corrected chi connectivity index (χ0v) is 11.0. The van der Waals surface area contributed by atoms with Gasteiger partial charge in [0.2, 0.25) is 11.8 Å². The lowest BCUT2D eigenvalue weighted by Crippen LogP contribution is -2.02. The van der Waals surface area contributed by atoms with Gasteiger partial charge in [-0.05, 0) is 18.2 Å². The molecule has 1 aromatic heterocycles. The summed E-state index contributed by atoms with van der Waals surface area (Å²) in [6.07, 6.45) is 0. The van der Waals surface area contributed by atoms with Gasteiger partial charge in [-0.2, -0.15) is 9.97 Å². The maximum Gasteiger partial charge on any atom is 0.225 e. The van der Waals surface area contributed by atoms with Crippen LogP contribution < -0.4 is 15.8 Å². The van der Waals surface area contributed by atoms with Crippen molar-refractivity contribution in [1.29, 1.82) is 0 Å². The summed E-state index contributed by atoms with van der Waals surface area (Å²) in [4.78, 5) is 7.77. The fourth-order valence-electron chi connectivity index (χ4n) is 1.34. The van der Waals surface area contributed by atoms with E-state index in [0.29, 0.717) is 21.9 Å². The summed E-state index contributed by atoms with van der Waals surface area (Å²) in [5.74, 6) is 0.318. The van der Waals surface area contributed by atoms with Gasteiger partial charge < -0.3 is 15.8 Å². The smallest absolute Gasteiger partial charge is 0.225 e. The van der Waals surface area contributed by atoms with Gasteiger partial charge in [-0.1, -0.05) is 15.9 Å². The summed E-state index contributed by atoms with van der Waals surface area (Å²) in [5.41, 5.74) is 5.80. The van der Waals surface area contributed by atoms with Crippen LogP contribution in [0.1, 0.15) is 0 Å². The molecule has 0 atom stereocenters. The summed E-state index contributed by atoms with van der Waals surface area (Å²) in [5, 5.41) is 2.81. The minimum Gasteiger partial charge on any atom is -0.481 e. The number of nitrogen functional groups attached to an aromatic ring is 1. The van der Waals surface area contributed by atoms with Crippen molar-refractivity contribution in [2.75, 3.05) is 18.2 Å². The Kier molecular flexibility index (Phi) is 3.61. The Morgan fingerprint density at radius 2 is 2.11 bits per heavy atom. The van der Waals surface area contributed by atoms with Crippen LogP contribution >= 0.6 is 15.9 Å². The first-order chi connectivity index (χ1) is 8.58. The van der Waals surface area contributed by atoms with Crippen LogP contribution in [0.4, 0.5) is 21.8 Å². The van der Waals surface area contributed by atoms with Crippen molar-refractivity contribution in [2.45, 2.75) is 0 Å². The largest absolute Gasteiger partial charge is 0.481 e. The average molecular weight is 313 g/mol. The molecule has 7 heteroatoms. The Hall–Kier alpha value is -1.89. The normalized spacial score (nSPS) is 10.2. The van der Waals surface area contributed by atoms with Gasteiger partial charge in [0.1, 0.15) is 11.6 Å². The topological polar surface area (TPSA) is 73.1 Å². The standard InChI is InChI=1S/C11H10BrFN4O/c1-18-10-5-9(16-11(14)17-10)15-8-3-2-6(12)4-7(8)13/h2-5H,1H3,(H3,14,15,16,17). The molecule has 2 aromatic rings. The molecule has 0 aliphatic carbocycles. The number of benzene rings is 1. The Balaban J connectivity index is 2.30. The molecule has 3 N–H and O–H groups in total. The van der Waals surface area contributed by atoms with Crippen LogP contribution in [-0.2, 0) is 0 Å². The number of nitrogens with zero attached hydrogens (tertiary/aromatic N) is 2.